The number of methoxy groups -OCH3 is 1. The van der Waals surface area contributed by atoms with E-state index in [2.05, 4.69) is 0 Å². The lowest BCUT2D eigenvalue weighted by Gasteiger charge is -2.13. The van der Waals surface area contributed by atoms with E-state index in [1.807, 2.05) is 0 Å². The number of hydrogen-bond donors (Lipinski definition) is 0. The van der Waals surface area contributed by atoms with Crippen molar-refractivity contribution in [1.82, 2.24) is 4.90 Å². The zero-order valence-electron chi connectivity index (χ0n) is 14.5. The van der Waals surface area contributed by atoms with Crippen LogP contribution in [-0.4, -0.2) is 41.3 Å². The molecule has 0 aliphatic carbocycles. The van der Waals surface area contributed by atoms with Gasteiger partial charge in [0.25, 0.3) is 17.5 Å². The van der Waals surface area contributed by atoms with Gasteiger partial charge < -0.3 is 9.47 Å². The summed E-state index contributed by atoms with van der Waals surface area (Å²) in [4.78, 5) is 47.4. The Hall–Kier alpha value is -3.82. The number of rotatable bonds is 6. The number of amides is 2. The zero-order chi connectivity index (χ0) is 20.4. The van der Waals surface area contributed by atoms with Gasteiger partial charge >= 0.3 is 5.97 Å². The number of ether oxygens (including phenoxy) is 2. The monoisotopic (exact) mass is 388 g/mol. The number of halogens is 1. The number of nitrogens with zero attached hydrogens (tertiary/aromatic N) is 2. The zero-order valence-corrected chi connectivity index (χ0v) is 14.5. The molecular formula is C18H13FN2O7. The number of esters is 1. The predicted octanol–water partition coefficient (Wildman–Crippen LogP) is 2.08. The summed E-state index contributed by atoms with van der Waals surface area (Å²) < 4.78 is 23.4. The largest absolute Gasteiger partial charge is 0.494 e. The first kappa shape index (κ1) is 19.0. The molecule has 1 aliphatic rings. The van der Waals surface area contributed by atoms with E-state index in [1.54, 1.807) is 0 Å². The fourth-order valence-electron chi connectivity index (χ4n) is 2.67. The van der Waals surface area contributed by atoms with Crippen molar-refractivity contribution in [3.8, 4) is 5.75 Å². The Morgan fingerprint density at radius 3 is 2.50 bits per heavy atom. The molecule has 144 valence electrons. The van der Waals surface area contributed by atoms with E-state index < -0.39 is 35.1 Å². The second kappa shape index (κ2) is 7.43. The number of non-ortho nitro benzene ring substituents is 1. The van der Waals surface area contributed by atoms with Gasteiger partial charge in [0.1, 0.15) is 13.2 Å². The molecule has 0 fully saturated rings. The van der Waals surface area contributed by atoms with Gasteiger partial charge in [0.05, 0.1) is 23.2 Å². The summed E-state index contributed by atoms with van der Waals surface area (Å²) in [6.45, 7) is -0.937. The molecule has 0 unspecified atom stereocenters. The van der Waals surface area contributed by atoms with Crippen molar-refractivity contribution in [2.75, 3.05) is 13.7 Å². The van der Waals surface area contributed by atoms with Crippen molar-refractivity contribution in [3.05, 3.63) is 69.0 Å². The Bertz CT molecular complexity index is 1010. The normalized spacial score (nSPS) is 12.7. The Kier molecular flexibility index (Phi) is 5.03. The molecule has 0 bridgehead atoms. The van der Waals surface area contributed by atoms with Gasteiger partial charge in [0, 0.05) is 12.1 Å². The Labute approximate surface area is 157 Å². The van der Waals surface area contributed by atoms with E-state index in [4.69, 9.17) is 9.47 Å². The van der Waals surface area contributed by atoms with Crippen molar-refractivity contribution in [2.45, 2.75) is 6.61 Å². The van der Waals surface area contributed by atoms with Crippen molar-refractivity contribution in [1.29, 1.82) is 0 Å². The van der Waals surface area contributed by atoms with E-state index in [9.17, 15) is 28.9 Å². The minimum atomic E-state index is -0.889. The number of imide groups is 1. The maximum Gasteiger partial charge on any atom is 0.326 e. The van der Waals surface area contributed by atoms with Crippen LogP contribution < -0.4 is 4.74 Å². The van der Waals surface area contributed by atoms with Crippen LogP contribution in [0.1, 0.15) is 26.3 Å². The molecule has 1 heterocycles. The maximum absolute atomic E-state index is 13.6. The smallest absolute Gasteiger partial charge is 0.326 e. The van der Waals surface area contributed by atoms with Gasteiger partial charge in [0.15, 0.2) is 11.6 Å². The highest BCUT2D eigenvalue weighted by Crippen LogP contribution is 2.26. The number of benzene rings is 2. The quantitative estimate of drug-likeness (QED) is 0.322. The molecule has 10 heteroatoms. The molecule has 9 nitrogen and oxygen atoms in total. The summed E-state index contributed by atoms with van der Waals surface area (Å²) in [5.74, 6) is -3.05. The van der Waals surface area contributed by atoms with E-state index in [0.717, 1.165) is 18.2 Å². The highest BCUT2D eigenvalue weighted by molar-refractivity contribution is 6.22. The van der Waals surface area contributed by atoms with Crippen LogP contribution >= 0.6 is 0 Å². The topological polar surface area (TPSA) is 116 Å². The SMILES string of the molecule is COc1ccc(COC(=O)CN2C(=O)c3ccc([N+](=O)[O-])cc3C2=O)cc1F. The van der Waals surface area contributed by atoms with Gasteiger partial charge in [-0.25, -0.2) is 4.39 Å². The molecule has 2 amide bonds. The number of fused-ring (bicyclic) bond motifs is 1. The Balaban J connectivity index is 1.66. The second-order valence-corrected chi connectivity index (χ2v) is 5.81. The molecule has 0 N–H and O–H groups in total. The van der Waals surface area contributed by atoms with Gasteiger partial charge in [-0.2, -0.15) is 0 Å². The first-order valence-corrected chi connectivity index (χ1v) is 7.94. The fraction of sp³-hybridized carbons (Fsp3) is 0.167. The van der Waals surface area contributed by atoms with Crippen LogP contribution in [-0.2, 0) is 16.1 Å². The lowest BCUT2D eigenvalue weighted by atomic mass is 10.1. The Morgan fingerprint density at radius 2 is 1.86 bits per heavy atom. The average Bonchev–Trinajstić information content (AvgIpc) is 2.91. The van der Waals surface area contributed by atoms with Crippen LogP contribution in [0.25, 0.3) is 0 Å². The number of nitro groups is 1. The molecule has 2 aromatic carbocycles. The molecular weight excluding hydrogens is 375 g/mol. The van der Waals surface area contributed by atoms with Crippen LogP contribution in [0, 0.1) is 15.9 Å². The molecule has 0 radical (unpaired) electrons. The van der Waals surface area contributed by atoms with Crippen LogP contribution in [0.2, 0.25) is 0 Å². The molecule has 0 atom stereocenters. The van der Waals surface area contributed by atoms with E-state index in [1.165, 1.54) is 25.3 Å². The number of hydrogen-bond acceptors (Lipinski definition) is 7. The molecule has 1 aliphatic heterocycles. The first-order chi connectivity index (χ1) is 13.3. The average molecular weight is 388 g/mol. The van der Waals surface area contributed by atoms with Gasteiger partial charge in [-0.05, 0) is 23.8 Å². The van der Waals surface area contributed by atoms with Crippen molar-refractivity contribution >= 4 is 23.5 Å². The summed E-state index contributed by atoms with van der Waals surface area (Å²) in [6, 6.07) is 7.25. The minimum absolute atomic E-state index is 0.0272. The maximum atomic E-state index is 13.6. The van der Waals surface area contributed by atoms with Gasteiger partial charge in [-0.1, -0.05) is 6.07 Å². The van der Waals surface area contributed by atoms with E-state index in [-0.39, 0.29) is 29.2 Å². The fourth-order valence-corrected chi connectivity index (χ4v) is 2.67. The standard InChI is InChI=1S/C18H13FN2O7/c1-27-15-5-2-10(6-14(15)19)9-28-16(22)8-20-17(23)12-4-3-11(21(25)26)7-13(12)18(20)24/h2-7H,8-9H2,1H3. The number of nitro benzene ring substituents is 1. The third-order valence-corrected chi connectivity index (χ3v) is 4.07. The highest BCUT2D eigenvalue weighted by Gasteiger charge is 2.38. The lowest BCUT2D eigenvalue weighted by molar-refractivity contribution is -0.384. The van der Waals surface area contributed by atoms with Gasteiger partial charge in [-0.3, -0.25) is 29.4 Å². The van der Waals surface area contributed by atoms with Gasteiger partial charge in [0.2, 0.25) is 0 Å². The van der Waals surface area contributed by atoms with E-state index in [0.29, 0.717) is 10.5 Å². The summed E-state index contributed by atoms with van der Waals surface area (Å²) in [5, 5.41) is 10.8. The van der Waals surface area contributed by atoms with Crippen LogP contribution in [0.3, 0.4) is 0 Å². The van der Waals surface area contributed by atoms with Crippen LogP contribution in [0.4, 0.5) is 10.1 Å². The van der Waals surface area contributed by atoms with Crippen LogP contribution in [0.5, 0.6) is 5.75 Å². The molecule has 28 heavy (non-hydrogen) atoms. The summed E-state index contributed by atoms with van der Waals surface area (Å²) in [5.41, 5.74) is -0.166. The predicted molar refractivity (Wildman–Crippen MR) is 91.2 cm³/mol. The van der Waals surface area contributed by atoms with Gasteiger partial charge in [-0.15, -0.1) is 0 Å². The molecule has 2 aromatic rings. The summed E-state index contributed by atoms with van der Waals surface area (Å²) in [7, 11) is 1.31. The third kappa shape index (κ3) is 3.52. The third-order valence-electron chi connectivity index (χ3n) is 4.07. The number of carbonyl (C=O) groups is 3. The first-order valence-electron chi connectivity index (χ1n) is 7.94. The van der Waals surface area contributed by atoms with E-state index >= 15 is 0 Å². The number of carbonyl (C=O) groups excluding carboxylic acids is 3. The van der Waals surface area contributed by atoms with Crippen molar-refractivity contribution < 1.29 is 33.2 Å². The van der Waals surface area contributed by atoms with Crippen LogP contribution in [0.15, 0.2) is 36.4 Å². The van der Waals surface area contributed by atoms with Crippen molar-refractivity contribution in [2.24, 2.45) is 0 Å². The molecule has 3 rings (SSSR count). The van der Waals surface area contributed by atoms with Crippen molar-refractivity contribution in [3.63, 3.8) is 0 Å². The summed E-state index contributed by atoms with van der Waals surface area (Å²) in [6.07, 6.45) is 0. The molecule has 0 aromatic heterocycles. The molecule has 0 saturated carbocycles. The summed E-state index contributed by atoms with van der Waals surface area (Å²) >= 11 is 0. The molecule has 0 saturated heterocycles. The minimum Gasteiger partial charge on any atom is -0.494 e. The second-order valence-electron chi connectivity index (χ2n) is 5.81. The molecule has 0 spiro atoms. The highest BCUT2D eigenvalue weighted by atomic mass is 19.1. The lowest BCUT2D eigenvalue weighted by Crippen LogP contribution is -2.35. The Morgan fingerprint density at radius 1 is 1.14 bits per heavy atom.